The first-order valence-electron chi connectivity index (χ1n) is 6.52. The Morgan fingerprint density at radius 1 is 1.06 bits per heavy atom. The number of rotatable bonds is 1. The summed E-state index contributed by atoms with van der Waals surface area (Å²) < 4.78 is 0. The summed E-state index contributed by atoms with van der Waals surface area (Å²) in [6.07, 6.45) is 7.13. The number of hydrogen-bond donors (Lipinski definition) is 1. The monoisotopic (exact) mass is 229 g/mol. The molecule has 1 aliphatic carbocycles. The normalized spacial score (nSPS) is 15.2. The minimum atomic E-state index is 0.837. The van der Waals surface area contributed by atoms with Gasteiger partial charge in [-0.2, -0.15) is 0 Å². The van der Waals surface area contributed by atoms with E-state index < -0.39 is 0 Å². The third-order valence-electron chi connectivity index (χ3n) is 3.06. The molecule has 0 heterocycles. The van der Waals surface area contributed by atoms with Crippen LogP contribution in [0.3, 0.4) is 0 Å². The second-order valence-electron chi connectivity index (χ2n) is 4.36. The van der Waals surface area contributed by atoms with Gasteiger partial charge in [0.05, 0.1) is 0 Å². The highest BCUT2D eigenvalue weighted by Gasteiger charge is 2.09. The van der Waals surface area contributed by atoms with Gasteiger partial charge in [0.1, 0.15) is 0 Å². The Kier molecular flexibility index (Phi) is 7.18. The van der Waals surface area contributed by atoms with Crippen molar-refractivity contribution in [2.45, 2.75) is 45.1 Å². The van der Waals surface area contributed by atoms with Crippen LogP contribution in [0.25, 0.3) is 0 Å². The van der Waals surface area contributed by atoms with E-state index in [1.54, 1.807) is 0 Å². The van der Waals surface area contributed by atoms with E-state index in [1.165, 1.54) is 32.1 Å². The molecule has 0 saturated heterocycles. The van der Waals surface area contributed by atoms with Crippen molar-refractivity contribution in [1.29, 1.82) is 0 Å². The van der Waals surface area contributed by atoms with Crippen molar-refractivity contribution in [3.05, 3.63) is 35.9 Å². The van der Waals surface area contributed by atoms with E-state index in [9.17, 15) is 0 Å². The summed E-state index contributed by atoms with van der Waals surface area (Å²) in [6.45, 7) is 1.84. The van der Waals surface area contributed by atoms with Crippen molar-refractivity contribution >= 4 is 0 Å². The van der Waals surface area contributed by atoms with Gasteiger partial charge in [-0.1, -0.05) is 43.4 Å². The third kappa shape index (κ3) is 6.14. The highest BCUT2D eigenvalue weighted by atomic mass is 14.9. The molecule has 0 radical (unpaired) electrons. The highest BCUT2D eigenvalue weighted by molar-refractivity contribution is 5.32. The fourth-order valence-electron chi connectivity index (χ4n) is 2.06. The molecule has 0 unspecified atom stereocenters. The molecule has 0 amide bonds. The van der Waals surface area contributed by atoms with Gasteiger partial charge >= 0.3 is 0 Å². The van der Waals surface area contributed by atoms with Gasteiger partial charge in [-0.3, -0.25) is 0 Å². The van der Waals surface area contributed by atoms with Gasteiger partial charge in [0.15, 0.2) is 0 Å². The van der Waals surface area contributed by atoms with Gasteiger partial charge in [-0.05, 0) is 38.9 Å². The van der Waals surface area contributed by atoms with Crippen LogP contribution in [0, 0.1) is 11.8 Å². The standard InChI is InChI=1S/C9H8.C7H15N/c1-2-6-9-7-4-3-5-8-9;1-8-7-5-3-2-4-6-7/h3-5,7-8H,1H3;7-8H,2-6H2,1H3. The van der Waals surface area contributed by atoms with E-state index in [1.807, 2.05) is 37.3 Å². The van der Waals surface area contributed by atoms with Crippen LogP contribution in [-0.2, 0) is 0 Å². The summed E-state index contributed by atoms with van der Waals surface area (Å²) >= 11 is 0. The van der Waals surface area contributed by atoms with Crippen molar-refractivity contribution < 1.29 is 0 Å². The van der Waals surface area contributed by atoms with Gasteiger partial charge in [0.25, 0.3) is 0 Å². The second-order valence-corrected chi connectivity index (χ2v) is 4.36. The van der Waals surface area contributed by atoms with Crippen LogP contribution >= 0.6 is 0 Å². The zero-order chi connectivity index (χ0) is 12.3. The van der Waals surface area contributed by atoms with Crippen LogP contribution in [0.15, 0.2) is 30.3 Å². The zero-order valence-electron chi connectivity index (χ0n) is 11.0. The average Bonchev–Trinajstić information content (AvgIpc) is 2.42. The van der Waals surface area contributed by atoms with E-state index >= 15 is 0 Å². The maximum absolute atomic E-state index is 3.30. The maximum Gasteiger partial charge on any atom is 0.0245 e. The summed E-state index contributed by atoms with van der Waals surface area (Å²) in [5.41, 5.74) is 1.08. The second kappa shape index (κ2) is 8.84. The fraction of sp³-hybridized carbons (Fsp3) is 0.500. The molecule has 0 spiro atoms. The average molecular weight is 229 g/mol. The summed E-state index contributed by atoms with van der Waals surface area (Å²) in [6, 6.07) is 10.8. The lowest BCUT2D eigenvalue weighted by Crippen LogP contribution is -2.26. The Morgan fingerprint density at radius 2 is 1.71 bits per heavy atom. The lowest BCUT2D eigenvalue weighted by molar-refractivity contribution is 0.394. The number of nitrogens with one attached hydrogen (secondary N) is 1. The zero-order valence-corrected chi connectivity index (χ0v) is 11.0. The molecule has 92 valence electrons. The third-order valence-corrected chi connectivity index (χ3v) is 3.06. The molecular formula is C16H23N. The maximum atomic E-state index is 3.30. The predicted octanol–water partition coefficient (Wildman–Crippen LogP) is 3.60. The van der Waals surface area contributed by atoms with E-state index in [2.05, 4.69) is 24.2 Å². The molecule has 0 atom stereocenters. The molecule has 1 aromatic rings. The SMILES string of the molecule is CC#Cc1ccccc1.CNC1CCCCC1. The van der Waals surface area contributed by atoms with E-state index in [-0.39, 0.29) is 0 Å². The molecule has 2 rings (SSSR count). The van der Waals surface area contributed by atoms with Crippen LogP contribution in [-0.4, -0.2) is 13.1 Å². The van der Waals surface area contributed by atoms with Crippen molar-refractivity contribution in [3.63, 3.8) is 0 Å². The largest absolute Gasteiger partial charge is 0.317 e. The van der Waals surface area contributed by atoms with Gasteiger partial charge in [-0.25, -0.2) is 0 Å². The van der Waals surface area contributed by atoms with Gasteiger partial charge in [-0.15, -0.1) is 5.92 Å². The summed E-state index contributed by atoms with van der Waals surface area (Å²) in [5, 5.41) is 3.30. The Morgan fingerprint density at radius 3 is 2.18 bits per heavy atom. The van der Waals surface area contributed by atoms with Gasteiger partial charge in [0, 0.05) is 11.6 Å². The first-order valence-corrected chi connectivity index (χ1v) is 6.52. The van der Waals surface area contributed by atoms with E-state index in [0.29, 0.717) is 0 Å². The Labute approximate surface area is 106 Å². The van der Waals surface area contributed by atoms with Crippen LogP contribution in [0.1, 0.15) is 44.6 Å². The number of benzene rings is 1. The van der Waals surface area contributed by atoms with Gasteiger partial charge < -0.3 is 5.32 Å². The summed E-state index contributed by atoms with van der Waals surface area (Å²) in [7, 11) is 2.07. The molecule has 0 aliphatic heterocycles. The van der Waals surface area contributed by atoms with E-state index in [4.69, 9.17) is 0 Å². The van der Waals surface area contributed by atoms with E-state index in [0.717, 1.165) is 11.6 Å². The molecule has 1 saturated carbocycles. The minimum Gasteiger partial charge on any atom is -0.317 e. The Bertz CT molecular complexity index is 339. The van der Waals surface area contributed by atoms with Crippen molar-refractivity contribution in [1.82, 2.24) is 5.32 Å². The lowest BCUT2D eigenvalue weighted by atomic mass is 9.96. The molecule has 1 N–H and O–H groups in total. The van der Waals surface area contributed by atoms with Crippen LogP contribution in [0.5, 0.6) is 0 Å². The first kappa shape index (κ1) is 13.8. The molecule has 0 bridgehead atoms. The lowest BCUT2D eigenvalue weighted by Gasteiger charge is -2.20. The highest BCUT2D eigenvalue weighted by Crippen LogP contribution is 2.16. The summed E-state index contributed by atoms with van der Waals surface area (Å²) in [5.74, 6) is 5.79. The van der Waals surface area contributed by atoms with Crippen molar-refractivity contribution in [2.75, 3.05) is 7.05 Å². The molecule has 0 aromatic heterocycles. The number of hydrogen-bond acceptors (Lipinski definition) is 1. The molecule has 17 heavy (non-hydrogen) atoms. The first-order chi connectivity index (χ1) is 8.36. The predicted molar refractivity (Wildman–Crippen MR) is 74.9 cm³/mol. The van der Waals surface area contributed by atoms with Gasteiger partial charge in [0.2, 0.25) is 0 Å². The Hall–Kier alpha value is -1.26. The minimum absolute atomic E-state index is 0.837. The molecule has 1 heteroatoms. The molecule has 1 fully saturated rings. The van der Waals surface area contributed by atoms with Crippen LogP contribution < -0.4 is 5.32 Å². The van der Waals surface area contributed by atoms with Crippen LogP contribution in [0.4, 0.5) is 0 Å². The van der Waals surface area contributed by atoms with Crippen molar-refractivity contribution in [3.8, 4) is 11.8 Å². The van der Waals surface area contributed by atoms with Crippen LogP contribution in [0.2, 0.25) is 0 Å². The molecule has 1 aliphatic rings. The topological polar surface area (TPSA) is 12.0 Å². The van der Waals surface area contributed by atoms with Crippen molar-refractivity contribution in [2.24, 2.45) is 0 Å². The Balaban J connectivity index is 0.000000171. The summed E-state index contributed by atoms with van der Waals surface area (Å²) in [4.78, 5) is 0. The fourth-order valence-corrected chi connectivity index (χ4v) is 2.06. The molecular weight excluding hydrogens is 206 g/mol. The smallest absolute Gasteiger partial charge is 0.0245 e. The molecule has 1 nitrogen and oxygen atoms in total. The molecule has 1 aromatic carbocycles. The quantitative estimate of drug-likeness (QED) is 0.726.